The number of halogens is 3. The smallest absolute Gasteiger partial charge is 0.406 e. The second kappa shape index (κ2) is 11.0. The van der Waals surface area contributed by atoms with Gasteiger partial charge in [-0.25, -0.2) is 4.79 Å². The van der Waals surface area contributed by atoms with E-state index >= 15 is 0 Å². The highest BCUT2D eigenvalue weighted by Crippen LogP contribution is 2.25. The van der Waals surface area contributed by atoms with Gasteiger partial charge in [0.1, 0.15) is 11.4 Å². The van der Waals surface area contributed by atoms with Crippen molar-refractivity contribution in [3.63, 3.8) is 0 Å². The summed E-state index contributed by atoms with van der Waals surface area (Å²) in [5, 5.41) is 8.38. The predicted molar refractivity (Wildman–Crippen MR) is 119 cm³/mol. The zero-order valence-corrected chi connectivity index (χ0v) is 18.6. The van der Waals surface area contributed by atoms with Crippen molar-refractivity contribution in [1.82, 2.24) is 19.9 Å². The van der Waals surface area contributed by atoms with Crippen LogP contribution in [0, 0.1) is 5.92 Å². The van der Waals surface area contributed by atoms with Crippen LogP contribution in [0.3, 0.4) is 0 Å². The number of hydrogen-bond acceptors (Lipinski definition) is 4. The molecule has 9 heteroatoms. The summed E-state index contributed by atoms with van der Waals surface area (Å²) in [6.45, 7) is 5.33. The molecule has 1 amide bonds. The molecular formula is C24H27F3N4O2. The first-order chi connectivity index (χ1) is 15.8. The van der Waals surface area contributed by atoms with Crippen molar-refractivity contribution >= 4 is 6.03 Å². The lowest BCUT2D eigenvalue weighted by atomic mass is 10.0. The Bertz CT molecular complexity index is 1020. The average molecular weight is 461 g/mol. The van der Waals surface area contributed by atoms with E-state index in [9.17, 15) is 18.0 Å². The van der Waals surface area contributed by atoms with Gasteiger partial charge in [-0.3, -0.25) is 0 Å². The molecule has 3 rings (SSSR count). The molecule has 0 spiro atoms. The molecule has 1 aromatic heterocycles. The second-order valence-electron chi connectivity index (χ2n) is 7.74. The number of benzene rings is 2. The zero-order valence-electron chi connectivity index (χ0n) is 18.6. The molecule has 0 unspecified atom stereocenters. The van der Waals surface area contributed by atoms with E-state index in [1.807, 2.05) is 30.3 Å². The molecule has 3 aromatic rings. The Morgan fingerprint density at radius 1 is 1.06 bits per heavy atom. The van der Waals surface area contributed by atoms with Crippen LogP contribution in [-0.2, 0) is 6.42 Å². The molecule has 0 N–H and O–H groups in total. The summed E-state index contributed by atoms with van der Waals surface area (Å²) in [6.07, 6.45) is -0.716. The highest BCUT2D eigenvalue weighted by Gasteiger charge is 2.31. The molecule has 6 nitrogen and oxygen atoms in total. The molecular weight excluding hydrogens is 433 g/mol. The van der Waals surface area contributed by atoms with Crippen LogP contribution in [0.25, 0.3) is 11.3 Å². The molecule has 33 heavy (non-hydrogen) atoms. The molecule has 0 aliphatic carbocycles. The third-order valence-corrected chi connectivity index (χ3v) is 5.46. The number of carbonyl (C=O) groups is 1. The number of alkyl halides is 3. The lowest BCUT2D eigenvalue weighted by molar-refractivity contribution is -0.274. The minimum Gasteiger partial charge on any atom is -0.406 e. The first kappa shape index (κ1) is 24.3. The predicted octanol–water partition coefficient (Wildman–Crippen LogP) is 5.79. The largest absolute Gasteiger partial charge is 0.573 e. The monoisotopic (exact) mass is 460 g/mol. The molecule has 0 bridgehead atoms. The van der Waals surface area contributed by atoms with E-state index in [1.54, 1.807) is 4.90 Å². The number of ether oxygens (including phenoxy) is 1. The summed E-state index contributed by atoms with van der Waals surface area (Å²) in [5.74, 6) is 0.0351. The number of rotatable bonds is 9. The fourth-order valence-corrected chi connectivity index (χ4v) is 3.47. The standard InChI is InChI=1S/C24H27F3N4O2/c1-3-18(4-2)17-30(15-14-19-8-6-5-7-9-19)23(32)31-28-16-22(29-31)20-10-12-21(13-11-20)33-24(25,26)27/h5-13,16,18H,3-4,14-15,17H2,1-2H3. The number of amides is 1. The van der Waals surface area contributed by atoms with Gasteiger partial charge >= 0.3 is 12.4 Å². The topological polar surface area (TPSA) is 60.2 Å². The molecule has 0 atom stereocenters. The summed E-state index contributed by atoms with van der Waals surface area (Å²) in [5.41, 5.74) is 2.04. The fraction of sp³-hybridized carbons (Fsp3) is 0.375. The van der Waals surface area contributed by atoms with E-state index in [0.29, 0.717) is 36.7 Å². The van der Waals surface area contributed by atoms with Crippen molar-refractivity contribution in [3.05, 3.63) is 66.4 Å². The van der Waals surface area contributed by atoms with Crippen LogP contribution in [0.5, 0.6) is 5.75 Å². The van der Waals surface area contributed by atoms with Gasteiger partial charge in [0.2, 0.25) is 0 Å². The average Bonchev–Trinajstić information content (AvgIpc) is 3.29. The van der Waals surface area contributed by atoms with Gasteiger partial charge in [-0.2, -0.15) is 5.10 Å². The van der Waals surface area contributed by atoms with Crippen molar-refractivity contribution in [2.24, 2.45) is 5.92 Å². The third kappa shape index (κ3) is 7.06. The van der Waals surface area contributed by atoms with Crippen LogP contribution in [0.15, 0.2) is 60.8 Å². The van der Waals surface area contributed by atoms with Crippen LogP contribution >= 0.6 is 0 Å². The highest BCUT2D eigenvalue weighted by molar-refractivity contribution is 5.75. The van der Waals surface area contributed by atoms with E-state index < -0.39 is 6.36 Å². The van der Waals surface area contributed by atoms with Gasteiger partial charge in [-0.15, -0.1) is 18.3 Å². The fourth-order valence-electron chi connectivity index (χ4n) is 3.47. The molecule has 0 saturated carbocycles. The Hall–Kier alpha value is -3.36. The summed E-state index contributed by atoms with van der Waals surface area (Å²) >= 11 is 0. The Labute approximate surface area is 191 Å². The van der Waals surface area contributed by atoms with E-state index in [4.69, 9.17) is 0 Å². The Morgan fingerprint density at radius 3 is 2.33 bits per heavy atom. The van der Waals surface area contributed by atoms with E-state index in [-0.39, 0.29) is 11.8 Å². The van der Waals surface area contributed by atoms with E-state index in [0.717, 1.165) is 23.2 Å². The highest BCUT2D eigenvalue weighted by atomic mass is 19.4. The van der Waals surface area contributed by atoms with Crippen LogP contribution < -0.4 is 4.74 Å². The summed E-state index contributed by atoms with van der Waals surface area (Å²) in [6, 6.07) is 14.9. The summed E-state index contributed by atoms with van der Waals surface area (Å²) in [4.78, 5) is 16.0. The molecule has 0 fully saturated rings. The summed E-state index contributed by atoms with van der Waals surface area (Å²) < 4.78 is 41.0. The first-order valence-corrected chi connectivity index (χ1v) is 10.9. The van der Waals surface area contributed by atoms with Crippen molar-refractivity contribution in [2.75, 3.05) is 13.1 Å². The number of hydrogen-bond donors (Lipinski definition) is 0. The maximum absolute atomic E-state index is 13.2. The molecule has 0 saturated heterocycles. The van der Waals surface area contributed by atoms with Gasteiger partial charge in [0.15, 0.2) is 0 Å². The Balaban J connectivity index is 1.74. The van der Waals surface area contributed by atoms with Gasteiger partial charge in [-0.1, -0.05) is 61.8 Å². The van der Waals surface area contributed by atoms with Gasteiger partial charge in [0.05, 0.1) is 6.20 Å². The van der Waals surface area contributed by atoms with Gasteiger partial charge in [0.25, 0.3) is 0 Å². The van der Waals surface area contributed by atoms with Gasteiger partial charge in [0, 0.05) is 18.7 Å². The molecule has 0 aliphatic rings. The third-order valence-electron chi connectivity index (χ3n) is 5.46. The van der Waals surface area contributed by atoms with E-state index in [2.05, 4.69) is 28.8 Å². The van der Waals surface area contributed by atoms with Crippen molar-refractivity contribution in [2.45, 2.75) is 39.5 Å². The summed E-state index contributed by atoms with van der Waals surface area (Å²) in [7, 11) is 0. The number of nitrogens with zero attached hydrogens (tertiary/aromatic N) is 4. The van der Waals surface area contributed by atoms with Crippen molar-refractivity contribution in [3.8, 4) is 17.0 Å². The maximum atomic E-state index is 13.2. The Morgan fingerprint density at radius 2 is 1.73 bits per heavy atom. The van der Waals surface area contributed by atoms with Crippen LogP contribution in [-0.4, -0.2) is 45.4 Å². The first-order valence-electron chi connectivity index (χ1n) is 10.9. The minimum atomic E-state index is -4.75. The second-order valence-corrected chi connectivity index (χ2v) is 7.74. The zero-order chi connectivity index (χ0) is 23.8. The minimum absolute atomic E-state index is 0.327. The van der Waals surface area contributed by atoms with Crippen LogP contribution in [0.2, 0.25) is 0 Å². The Kier molecular flexibility index (Phi) is 8.08. The maximum Gasteiger partial charge on any atom is 0.573 e. The molecule has 2 aromatic carbocycles. The molecule has 1 heterocycles. The van der Waals surface area contributed by atoms with Gasteiger partial charge < -0.3 is 9.64 Å². The van der Waals surface area contributed by atoms with Gasteiger partial charge in [-0.05, 0) is 42.2 Å². The lowest BCUT2D eigenvalue weighted by Crippen LogP contribution is -2.40. The normalized spacial score (nSPS) is 11.6. The van der Waals surface area contributed by atoms with Crippen molar-refractivity contribution < 1.29 is 22.7 Å². The lowest BCUT2D eigenvalue weighted by Gasteiger charge is -2.26. The molecule has 0 aliphatic heterocycles. The molecule has 176 valence electrons. The van der Waals surface area contributed by atoms with Crippen LogP contribution in [0.4, 0.5) is 18.0 Å². The van der Waals surface area contributed by atoms with E-state index in [1.165, 1.54) is 30.5 Å². The SMILES string of the molecule is CCC(CC)CN(CCc1ccccc1)C(=O)n1ncc(-c2ccc(OC(F)(F)F)cc2)n1. The number of aromatic nitrogens is 3. The van der Waals surface area contributed by atoms with Crippen LogP contribution in [0.1, 0.15) is 32.3 Å². The number of carbonyl (C=O) groups excluding carboxylic acids is 1. The molecule has 0 radical (unpaired) electrons. The quantitative estimate of drug-likeness (QED) is 0.405. The van der Waals surface area contributed by atoms with Crippen molar-refractivity contribution in [1.29, 1.82) is 0 Å².